The molecule has 0 radical (unpaired) electrons. The Morgan fingerprint density at radius 1 is 1.18 bits per heavy atom. The number of nitrogens with one attached hydrogen (secondary N) is 1. The number of benzene rings is 2. The van der Waals surface area contributed by atoms with Gasteiger partial charge in [0.1, 0.15) is 29.2 Å². The number of aliphatic hydroxyl groups excluding tert-OH is 1. The molecule has 0 amide bonds. The molecule has 0 aliphatic heterocycles. The van der Waals surface area contributed by atoms with Crippen molar-refractivity contribution in [1.82, 2.24) is 0 Å². The van der Waals surface area contributed by atoms with Crippen LogP contribution in [-0.4, -0.2) is 16.6 Å². The summed E-state index contributed by atoms with van der Waals surface area (Å²) in [4.78, 5) is 10.0. The maximum absolute atomic E-state index is 13.5. The van der Waals surface area contributed by atoms with Gasteiger partial charge in [-0.15, -0.1) is 0 Å². The van der Waals surface area contributed by atoms with Crippen LogP contribution in [0.1, 0.15) is 11.7 Å². The summed E-state index contributed by atoms with van der Waals surface area (Å²) in [5, 5.41) is 23.1. The lowest BCUT2D eigenvalue weighted by molar-refractivity contribution is -0.384. The molecule has 0 heterocycles. The highest BCUT2D eigenvalue weighted by molar-refractivity contribution is 5.61. The second kappa shape index (κ2) is 6.44. The van der Waals surface area contributed by atoms with E-state index in [4.69, 9.17) is 0 Å². The third-order valence-corrected chi connectivity index (χ3v) is 2.98. The van der Waals surface area contributed by atoms with Crippen LogP contribution in [0.25, 0.3) is 0 Å². The van der Waals surface area contributed by atoms with Gasteiger partial charge < -0.3 is 10.4 Å². The molecule has 22 heavy (non-hydrogen) atoms. The molecule has 0 aliphatic rings. The Balaban J connectivity index is 2.18. The Hall–Kier alpha value is -2.61. The van der Waals surface area contributed by atoms with Gasteiger partial charge in [-0.25, -0.2) is 13.2 Å². The number of rotatable bonds is 5. The molecular weight excluding hydrogens is 301 g/mol. The van der Waals surface area contributed by atoms with E-state index in [-0.39, 0.29) is 12.2 Å². The summed E-state index contributed by atoms with van der Waals surface area (Å²) in [6.45, 7) is -0.385. The van der Waals surface area contributed by atoms with E-state index in [2.05, 4.69) is 5.32 Å². The number of nitrogens with zero attached hydrogens (tertiary/aromatic N) is 1. The zero-order valence-corrected chi connectivity index (χ0v) is 11.1. The summed E-state index contributed by atoms with van der Waals surface area (Å²) in [5.41, 5.74) is -1.15. The summed E-state index contributed by atoms with van der Waals surface area (Å²) >= 11 is 0. The average Bonchev–Trinajstić information content (AvgIpc) is 2.45. The highest BCUT2D eigenvalue weighted by Gasteiger charge is 2.20. The predicted molar refractivity (Wildman–Crippen MR) is 72.9 cm³/mol. The minimum Gasteiger partial charge on any atom is -0.386 e. The highest BCUT2D eigenvalue weighted by atomic mass is 19.1. The number of nitro benzene ring substituents is 1. The van der Waals surface area contributed by atoms with Crippen molar-refractivity contribution in [3.63, 3.8) is 0 Å². The summed E-state index contributed by atoms with van der Waals surface area (Å²) in [7, 11) is 0. The maximum Gasteiger partial charge on any atom is 0.295 e. The van der Waals surface area contributed by atoms with Crippen LogP contribution in [0.3, 0.4) is 0 Å². The van der Waals surface area contributed by atoms with Gasteiger partial charge in [-0.05, 0) is 24.3 Å². The van der Waals surface area contributed by atoms with Gasteiger partial charge in [0.15, 0.2) is 0 Å². The van der Waals surface area contributed by atoms with Crippen LogP contribution in [0, 0.1) is 27.6 Å². The average molecular weight is 312 g/mol. The van der Waals surface area contributed by atoms with E-state index in [1.54, 1.807) is 0 Å². The van der Waals surface area contributed by atoms with Gasteiger partial charge in [0.05, 0.1) is 16.6 Å². The topological polar surface area (TPSA) is 75.4 Å². The van der Waals surface area contributed by atoms with Gasteiger partial charge in [-0.3, -0.25) is 10.1 Å². The number of halogens is 3. The zero-order valence-electron chi connectivity index (χ0n) is 11.1. The standard InChI is InChI=1S/C14H11F3N2O3/c15-8-4-5-11(12(6-8)19(21)22)18-7-13(20)14-9(16)2-1-3-10(14)17/h1-6,13,18,20H,7H2. The number of nitro groups is 1. The largest absolute Gasteiger partial charge is 0.386 e. The SMILES string of the molecule is O=[N+]([O-])c1cc(F)ccc1NCC(O)c1c(F)cccc1F. The van der Waals surface area contributed by atoms with Crippen LogP contribution in [0.15, 0.2) is 36.4 Å². The second-order valence-corrected chi connectivity index (χ2v) is 4.45. The van der Waals surface area contributed by atoms with Crippen molar-refractivity contribution in [2.45, 2.75) is 6.10 Å². The van der Waals surface area contributed by atoms with E-state index in [9.17, 15) is 28.4 Å². The van der Waals surface area contributed by atoms with Gasteiger partial charge >= 0.3 is 0 Å². The van der Waals surface area contributed by atoms with E-state index in [1.165, 1.54) is 0 Å². The van der Waals surface area contributed by atoms with Crippen molar-refractivity contribution in [2.75, 3.05) is 11.9 Å². The third-order valence-electron chi connectivity index (χ3n) is 2.98. The fourth-order valence-corrected chi connectivity index (χ4v) is 1.94. The molecule has 8 heteroatoms. The van der Waals surface area contributed by atoms with E-state index in [1.807, 2.05) is 0 Å². The molecule has 0 aliphatic carbocycles. The van der Waals surface area contributed by atoms with E-state index in [0.29, 0.717) is 6.07 Å². The molecule has 0 spiro atoms. The number of hydrogen-bond donors (Lipinski definition) is 2. The van der Waals surface area contributed by atoms with Crippen LogP contribution in [0.4, 0.5) is 24.5 Å². The number of hydrogen-bond acceptors (Lipinski definition) is 4. The van der Waals surface area contributed by atoms with Crippen LogP contribution in [-0.2, 0) is 0 Å². The Morgan fingerprint density at radius 2 is 1.82 bits per heavy atom. The Bertz CT molecular complexity index is 689. The highest BCUT2D eigenvalue weighted by Crippen LogP contribution is 2.27. The first-order chi connectivity index (χ1) is 10.4. The van der Waals surface area contributed by atoms with Gasteiger partial charge in [0, 0.05) is 6.54 Å². The number of aliphatic hydroxyl groups is 1. The fourth-order valence-electron chi connectivity index (χ4n) is 1.94. The Kier molecular flexibility index (Phi) is 4.62. The molecule has 0 aromatic heterocycles. The maximum atomic E-state index is 13.5. The molecule has 1 unspecified atom stereocenters. The minimum atomic E-state index is -1.56. The lowest BCUT2D eigenvalue weighted by Gasteiger charge is -2.14. The first-order valence-corrected chi connectivity index (χ1v) is 6.20. The molecule has 116 valence electrons. The minimum absolute atomic E-state index is 0.0674. The van der Waals surface area contributed by atoms with Crippen molar-refractivity contribution in [3.05, 3.63) is 69.5 Å². The van der Waals surface area contributed by atoms with Crippen LogP contribution in [0.2, 0.25) is 0 Å². The quantitative estimate of drug-likeness (QED) is 0.657. The molecule has 2 N–H and O–H groups in total. The molecule has 2 aromatic rings. The molecular formula is C14H11F3N2O3. The summed E-state index contributed by atoms with van der Waals surface area (Å²) in [6.07, 6.45) is -1.56. The Morgan fingerprint density at radius 3 is 2.41 bits per heavy atom. The van der Waals surface area contributed by atoms with Crippen molar-refractivity contribution >= 4 is 11.4 Å². The van der Waals surface area contributed by atoms with E-state index < -0.39 is 39.7 Å². The molecule has 0 saturated carbocycles. The van der Waals surface area contributed by atoms with Gasteiger partial charge in [-0.1, -0.05) is 6.07 Å². The molecule has 0 bridgehead atoms. The monoisotopic (exact) mass is 312 g/mol. The van der Waals surface area contributed by atoms with Gasteiger partial charge in [-0.2, -0.15) is 0 Å². The van der Waals surface area contributed by atoms with Crippen LogP contribution in [0.5, 0.6) is 0 Å². The van der Waals surface area contributed by atoms with Crippen LogP contribution < -0.4 is 5.32 Å². The van der Waals surface area contributed by atoms with Crippen molar-refractivity contribution in [1.29, 1.82) is 0 Å². The number of anilines is 1. The second-order valence-electron chi connectivity index (χ2n) is 4.45. The van der Waals surface area contributed by atoms with Crippen LogP contribution >= 0.6 is 0 Å². The smallest absolute Gasteiger partial charge is 0.295 e. The molecule has 5 nitrogen and oxygen atoms in total. The fraction of sp³-hybridized carbons (Fsp3) is 0.143. The van der Waals surface area contributed by atoms with Crippen molar-refractivity contribution in [2.24, 2.45) is 0 Å². The van der Waals surface area contributed by atoms with E-state index in [0.717, 1.165) is 30.3 Å². The summed E-state index contributed by atoms with van der Waals surface area (Å²) in [6, 6.07) is 5.94. The normalized spacial score (nSPS) is 12.0. The summed E-state index contributed by atoms with van der Waals surface area (Å²) in [5.74, 6) is -2.65. The molecule has 2 rings (SSSR count). The Labute approximate surface area is 123 Å². The molecule has 0 fully saturated rings. The van der Waals surface area contributed by atoms with Gasteiger partial charge in [0.25, 0.3) is 5.69 Å². The third kappa shape index (κ3) is 3.34. The first kappa shape index (κ1) is 15.8. The van der Waals surface area contributed by atoms with E-state index >= 15 is 0 Å². The molecule has 2 aromatic carbocycles. The first-order valence-electron chi connectivity index (χ1n) is 6.20. The summed E-state index contributed by atoms with van der Waals surface area (Å²) < 4.78 is 40.0. The van der Waals surface area contributed by atoms with Gasteiger partial charge in [0.2, 0.25) is 0 Å². The lowest BCUT2D eigenvalue weighted by atomic mass is 10.1. The zero-order chi connectivity index (χ0) is 16.3. The predicted octanol–water partition coefficient (Wildman–Crippen LogP) is 3.16. The molecule has 1 atom stereocenters. The molecule has 0 saturated heterocycles. The van der Waals surface area contributed by atoms with Crippen molar-refractivity contribution in [3.8, 4) is 0 Å². The van der Waals surface area contributed by atoms with Crippen molar-refractivity contribution < 1.29 is 23.2 Å². The lowest BCUT2D eigenvalue weighted by Crippen LogP contribution is -2.15.